The van der Waals surface area contributed by atoms with Crippen LogP contribution in [-0.2, 0) is 4.79 Å². The maximum absolute atomic E-state index is 13.3. The minimum absolute atomic E-state index is 0.176. The van der Waals surface area contributed by atoms with Gasteiger partial charge < -0.3 is 14.9 Å². The second kappa shape index (κ2) is 6.76. The fourth-order valence-electron chi connectivity index (χ4n) is 4.89. The summed E-state index contributed by atoms with van der Waals surface area (Å²) in [6.07, 6.45) is 8.03. The molecule has 1 atom stereocenters. The van der Waals surface area contributed by atoms with Crippen molar-refractivity contribution in [2.45, 2.75) is 57.1 Å². The smallest absolute Gasteiger partial charge is 0.230 e. The fraction of sp³-hybridized carbons (Fsp3) is 0.684. The van der Waals surface area contributed by atoms with E-state index >= 15 is 0 Å². The Hall–Kier alpha value is -1.33. The lowest BCUT2D eigenvalue weighted by atomic mass is 9.78. The van der Waals surface area contributed by atoms with E-state index in [1.54, 1.807) is 6.20 Å². The lowest BCUT2D eigenvalue weighted by Crippen LogP contribution is -2.50. The molecule has 6 heteroatoms. The zero-order valence-electron chi connectivity index (χ0n) is 14.5. The van der Waals surface area contributed by atoms with Gasteiger partial charge in [0, 0.05) is 37.6 Å². The fourth-order valence-corrected chi connectivity index (χ4v) is 5.05. The zero-order chi connectivity index (χ0) is 17.4. The molecular formula is C19H26ClN3O2. The van der Waals surface area contributed by atoms with Crippen molar-refractivity contribution in [1.29, 1.82) is 0 Å². The van der Waals surface area contributed by atoms with Crippen LogP contribution < -0.4 is 4.90 Å². The van der Waals surface area contributed by atoms with E-state index in [1.807, 2.05) is 12.1 Å². The molecular weight excluding hydrogens is 338 g/mol. The topological polar surface area (TPSA) is 56.7 Å². The van der Waals surface area contributed by atoms with Crippen molar-refractivity contribution in [3.05, 3.63) is 23.5 Å². The number of amides is 1. The molecule has 1 amide bonds. The van der Waals surface area contributed by atoms with Gasteiger partial charge in [0.25, 0.3) is 0 Å². The number of likely N-dealkylation sites (tertiary alicyclic amines) is 1. The van der Waals surface area contributed by atoms with E-state index in [0.29, 0.717) is 17.1 Å². The monoisotopic (exact) mass is 363 g/mol. The van der Waals surface area contributed by atoms with Crippen LogP contribution in [0, 0.1) is 5.41 Å². The Kier molecular flexibility index (Phi) is 4.63. The molecule has 2 aliphatic heterocycles. The summed E-state index contributed by atoms with van der Waals surface area (Å²) in [5, 5.41) is 10.2. The van der Waals surface area contributed by atoms with Gasteiger partial charge in [-0.1, -0.05) is 11.6 Å². The highest BCUT2D eigenvalue weighted by atomic mass is 35.5. The summed E-state index contributed by atoms with van der Waals surface area (Å²) >= 11 is 6.05. The van der Waals surface area contributed by atoms with Gasteiger partial charge >= 0.3 is 0 Å². The van der Waals surface area contributed by atoms with E-state index in [2.05, 4.69) is 14.8 Å². The molecule has 1 aromatic rings. The molecule has 2 saturated heterocycles. The normalized spacial score (nSPS) is 33.3. The molecule has 3 aliphatic rings. The molecule has 1 N–H and O–H groups in total. The lowest BCUT2D eigenvalue weighted by molar-refractivity contribution is -0.139. The van der Waals surface area contributed by atoms with E-state index in [0.717, 1.165) is 70.3 Å². The Morgan fingerprint density at radius 3 is 2.76 bits per heavy atom. The second-order valence-electron chi connectivity index (χ2n) is 7.85. The summed E-state index contributed by atoms with van der Waals surface area (Å²) in [7, 11) is 0. The molecule has 1 saturated carbocycles. The zero-order valence-corrected chi connectivity index (χ0v) is 15.3. The quantitative estimate of drug-likeness (QED) is 0.821. The van der Waals surface area contributed by atoms with Crippen LogP contribution >= 0.6 is 11.6 Å². The second-order valence-corrected chi connectivity index (χ2v) is 8.24. The molecule has 1 aromatic heterocycles. The summed E-state index contributed by atoms with van der Waals surface area (Å²) in [6, 6.07) is 4.19. The first kappa shape index (κ1) is 17.1. The minimum Gasteiger partial charge on any atom is -0.393 e. The van der Waals surface area contributed by atoms with Crippen LogP contribution in [0.15, 0.2) is 18.3 Å². The molecule has 3 heterocycles. The average Bonchev–Trinajstić information content (AvgIpc) is 2.92. The molecule has 0 radical (unpaired) electrons. The van der Waals surface area contributed by atoms with Crippen LogP contribution in [0.3, 0.4) is 0 Å². The molecule has 5 nitrogen and oxygen atoms in total. The minimum atomic E-state index is -0.246. The maximum atomic E-state index is 13.3. The van der Waals surface area contributed by atoms with Crippen molar-refractivity contribution in [3.63, 3.8) is 0 Å². The van der Waals surface area contributed by atoms with E-state index < -0.39 is 0 Å². The first-order chi connectivity index (χ1) is 12.1. The van der Waals surface area contributed by atoms with Gasteiger partial charge in [0.2, 0.25) is 5.91 Å². The number of rotatable bonds is 2. The number of hydrogen-bond acceptors (Lipinski definition) is 4. The first-order valence-electron chi connectivity index (χ1n) is 9.43. The number of carbonyl (C=O) groups excluding carboxylic acids is 1. The van der Waals surface area contributed by atoms with E-state index in [-0.39, 0.29) is 11.5 Å². The summed E-state index contributed by atoms with van der Waals surface area (Å²) in [4.78, 5) is 21.8. The molecule has 0 bridgehead atoms. The number of nitrogens with zero attached hydrogens (tertiary/aromatic N) is 3. The van der Waals surface area contributed by atoms with Crippen LogP contribution in [0.5, 0.6) is 0 Å². The highest BCUT2D eigenvalue weighted by Gasteiger charge is 2.50. The summed E-state index contributed by atoms with van der Waals surface area (Å²) in [5.74, 6) is 0.332. The number of anilines is 1. The number of aliphatic hydroxyl groups excluding tert-OH is 1. The van der Waals surface area contributed by atoms with Gasteiger partial charge in [-0.25, -0.2) is 4.98 Å². The Morgan fingerprint density at radius 2 is 2.00 bits per heavy atom. The Bertz CT molecular complexity index is 647. The van der Waals surface area contributed by atoms with Crippen molar-refractivity contribution in [1.82, 2.24) is 9.88 Å². The van der Waals surface area contributed by atoms with Crippen LogP contribution in [0.4, 0.5) is 5.69 Å². The molecule has 25 heavy (non-hydrogen) atoms. The van der Waals surface area contributed by atoms with Crippen LogP contribution in [0.25, 0.3) is 0 Å². The lowest BCUT2D eigenvalue weighted by Gasteiger charge is -2.41. The highest BCUT2D eigenvalue weighted by molar-refractivity contribution is 6.29. The number of aliphatic hydroxyl groups is 1. The van der Waals surface area contributed by atoms with Crippen molar-refractivity contribution in [3.8, 4) is 0 Å². The van der Waals surface area contributed by atoms with E-state index in [1.165, 1.54) is 0 Å². The van der Waals surface area contributed by atoms with Crippen LogP contribution in [0.1, 0.15) is 44.9 Å². The Morgan fingerprint density at radius 1 is 1.20 bits per heavy atom. The SMILES string of the molecule is O=C1N(C2CCC(O)CC2)CCC12CCCN(c1ccnc(Cl)c1)C2. The molecule has 1 spiro atoms. The van der Waals surface area contributed by atoms with Gasteiger partial charge in [-0.3, -0.25) is 4.79 Å². The van der Waals surface area contributed by atoms with Crippen LogP contribution in [0.2, 0.25) is 5.15 Å². The van der Waals surface area contributed by atoms with Crippen molar-refractivity contribution >= 4 is 23.2 Å². The third-order valence-corrected chi connectivity index (χ3v) is 6.51. The third-order valence-electron chi connectivity index (χ3n) is 6.30. The number of carbonyl (C=O) groups is 1. The first-order valence-corrected chi connectivity index (χ1v) is 9.81. The predicted molar refractivity (Wildman–Crippen MR) is 97.7 cm³/mol. The van der Waals surface area contributed by atoms with Crippen molar-refractivity contribution in [2.24, 2.45) is 5.41 Å². The van der Waals surface area contributed by atoms with Crippen LogP contribution in [-0.4, -0.2) is 52.7 Å². The van der Waals surface area contributed by atoms with E-state index in [4.69, 9.17) is 11.6 Å². The molecule has 3 fully saturated rings. The largest absolute Gasteiger partial charge is 0.393 e. The van der Waals surface area contributed by atoms with Crippen molar-refractivity contribution < 1.29 is 9.90 Å². The Labute approximate surface area is 154 Å². The standard InChI is InChI=1S/C19H26ClN3O2/c20-17-12-15(6-9-21-17)22-10-1-7-19(13-22)8-11-23(18(19)25)14-2-4-16(24)5-3-14/h6,9,12,14,16,24H,1-5,7-8,10-11,13H2. The highest BCUT2D eigenvalue weighted by Crippen LogP contribution is 2.43. The number of hydrogen-bond donors (Lipinski definition) is 1. The third kappa shape index (κ3) is 3.24. The maximum Gasteiger partial charge on any atom is 0.230 e. The average molecular weight is 364 g/mol. The summed E-state index contributed by atoms with van der Waals surface area (Å²) < 4.78 is 0. The van der Waals surface area contributed by atoms with Gasteiger partial charge in [-0.15, -0.1) is 0 Å². The van der Waals surface area contributed by atoms with Gasteiger partial charge in [0.1, 0.15) is 5.15 Å². The molecule has 1 unspecified atom stereocenters. The number of halogens is 1. The van der Waals surface area contributed by atoms with Gasteiger partial charge in [-0.05, 0) is 57.1 Å². The van der Waals surface area contributed by atoms with Crippen molar-refractivity contribution in [2.75, 3.05) is 24.5 Å². The van der Waals surface area contributed by atoms with Gasteiger partial charge in [0.05, 0.1) is 11.5 Å². The van der Waals surface area contributed by atoms with E-state index in [9.17, 15) is 9.90 Å². The van der Waals surface area contributed by atoms with Gasteiger partial charge in [0.15, 0.2) is 0 Å². The number of piperidine rings is 1. The molecule has 1 aliphatic carbocycles. The number of pyridine rings is 1. The summed E-state index contributed by atoms with van der Waals surface area (Å²) in [6.45, 7) is 2.60. The Balaban J connectivity index is 1.49. The predicted octanol–water partition coefficient (Wildman–Crippen LogP) is 2.86. The summed E-state index contributed by atoms with van der Waals surface area (Å²) in [5.41, 5.74) is 0.815. The molecule has 136 valence electrons. The molecule has 0 aromatic carbocycles. The number of aromatic nitrogens is 1. The van der Waals surface area contributed by atoms with Gasteiger partial charge in [-0.2, -0.15) is 0 Å². The molecule has 4 rings (SSSR count).